The van der Waals surface area contributed by atoms with Gasteiger partial charge in [-0.25, -0.2) is 0 Å². The quantitative estimate of drug-likeness (QED) is 0.403. The summed E-state index contributed by atoms with van der Waals surface area (Å²) in [5.74, 6) is 1.04. The molecule has 2 aromatic rings. The fourth-order valence-corrected chi connectivity index (χ4v) is 2.50. The summed E-state index contributed by atoms with van der Waals surface area (Å²) in [7, 11) is 1.58. The summed E-state index contributed by atoms with van der Waals surface area (Å²) in [5, 5.41) is 13.9. The summed E-state index contributed by atoms with van der Waals surface area (Å²) >= 11 is 0. The average Bonchev–Trinajstić information content (AvgIpc) is 2.66. The third kappa shape index (κ3) is 5.95. The first-order valence-corrected chi connectivity index (χ1v) is 8.90. The highest BCUT2D eigenvalue weighted by atomic mass is 16.5. The van der Waals surface area contributed by atoms with Crippen molar-refractivity contribution in [1.82, 2.24) is 5.32 Å². The molecule has 140 valence electrons. The minimum absolute atomic E-state index is 0.166. The lowest BCUT2D eigenvalue weighted by molar-refractivity contribution is -0.605. The number of ether oxygens (including phenoxy) is 2. The van der Waals surface area contributed by atoms with Crippen LogP contribution in [-0.4, -0.2) is 26.2 Å². The van der Waals surface area contributed by atoms with E-state index in [-0.39, 0.29) is 5.91 Å². The Labute approximate surface area is 154 Å². The minimum atomic E-state index is -0.166. The molecule has 0 unspecified atom stereocenters. The van der Waals surface area contributed by atoms with Gasteiger partial charge in [0.1, 0.15) is 0 Å². The number of methoxy groups -OCH3 is 1. The van der Waals surface area contributed by atoms with Crippen molar-refractivity contribution in [3.8, 4) is 11.5 Å². The number of aromatic nitrogens is 1. The van der Waals surface area contributed by atoms with Crippen LogP contribution in [0.3, 0.4) is 0 Å². The highest BCUT2D eigenvalue weighted by Gasteiger charge is 2.11. The van der Waals surface area contributed by atoms with Gasteiger partial charge >= 0.3 is 0 Å². The molecule has 0 aliphatic rings. The zero-order valence-corrected chi connectivity index (χ0v) is 15.4. The largest absolute Gasteiger partial charge is 0.619 e. The van der Waals surface area contributed by atoms with E-state index in [4.69, 9.17) is 9.47 Å². The number of pyridine rings is 1. The Balaban J connectivity index is 1.91. The highest BCUT2D eigenvalue weighted by Crippen LogP contribution is 2.28. The number of carbonyl (C=O) groups is 1. The lowest BCUT2D eigenvalue weighted by Crippen LogP contribution is -2.27. The van der Waals surface area contributed by atoms with Crippen molar-refractivity contribution < 1.29 is 19.0 Å². The Bertz CT molecular complexity index is 701. The molecule has 1 amide bonds. The number of unbranched alkanes of at least 4 members (excludes halogenated alkanes) is 2. The molecule has 0 saturated heterocycles. The number of hydrogen-bond acceptors (Lipinski definition) is 4. The molecule has 0 saturated carbocycles. The molecule has 1 heterocycles. The lowest BCUT2D eigenvalue weighted by atomic mass is 10.1. The van der Waals surface area contributed by atoms with E-state index in [1.807, 2.05) is 0 Å². The molecule has 1 aromatic carbocycles. The predicted octanol–water partition coefficient (Wildman–Crippen LogP) is 2.87. The third-order valence-corrected chi connectivity index (χ3v) is 4.00. The second kappa shape index (κ2) is 10.3. The van der Waals surface area contributed by atoms with Crippen LogP contribution in [0, 0.1) is 5.21 Å². The van der Waals surface area contributed by atoms with Gasteiger partial charge in [-0.05, 0) is 36.6 Å². The van der Waals surface area contributed by atoms with Gasteiger partial charge in [0, 0.05) is 24.2 Å². The van der Waals surface area contributed by atoms with Crippen molar-refractivity contribution in [1.29, 1.82) is 0 Å². The molecule has 26 heavy (non-hydrogen) atoms. The van der Waals surface area contributed by atoms with Crippen LogP contribution in [-0.2, 0) is 6.42 Å². The van der Waals surface area contributed by atoms with Crippen LogP contribution in [0.25, 0.3) is 0 Å². The van der Waals surface area contributed by atoms with Crippen LogP contribution in [0.5, 0.6) is 11.5 Å². The van der Waals surface area contributed by atoms with Gasteiger partial charge in [0.05, 0.1) is 13.7 Å². The summed E-state index contributed by atoms with van der Waals surface area (Å²) in [4.78, 5) is 12.4. The smallest absolute Gasteiger partial charge is 0.251 e. The summed E-state index contributed by atoms with van der Waals surface area (Å²) in [6.07, 6.45) is 6.75. The molecule has 0 radical (unpaired) electrons. The van der Waals surface area contributed by atoms with Crippen molar-refractivity contribution >= 4 is 5.91 Å². The summed E-state index contributed by atoms with van der Waals surface area (Å²) in [5.41, 5.74) is 1.52. The summed E-state index contributed by atoms with van der Waals surface area (Å²) in [6.45, 7) is 3.23. The molecule has 6 heteroatoms. The van der Waals surface area contributed by atoms with Crippen molar-refractivity contribution in [2.45, 2.75) is 32.6 Å². The zero-order chi connectivity index (χ0) is 18.8. The maximum Gasteiger partial charge on any atom is 0.251 e. The predicted molar refractivity (Wildman–Crippen MR) is 99.5 cm³/mol. The van der Waals surface area contributed by atoms with E-state index in [1.165, 1.54) is 12.4 Å². The number of nitrogens with one attached hydrogen (secondary N) is 1. The highest BCUT2D eigenvalue weighted by molar-refractivity contribution is 5.94. The molecule has 0 fully saturated rings. The number of amides is 1. The van der Waals surface area contributed by atoms with Crippen LogP contribution in [0.15, 0.2) is 42.7 Å². The van der Waals surface area contributed by atoms with Gasteiger partial charge in [0.15, 0.2) is 23.9 Å². The second-order valence-corrected chi connectivity index (χ2v) is 5.99. The standard InChI is InChI=1S/C20H26N2O4/c1-3-4-5-14-26-19-15-17(6-7-18(19)25-2)20(23)21-11-8-16-9-12-22(24)13-10-16/h6-7,9-10,12-13,15H,3-5,8,11,14H2,1-2H3,(H,21,23). The van der Waals surface area contributed by atoms with Gasteiger partial charge in [0.2, 0.25) is 0 Å². The Morgan fingerprint density at radius 1 is 1.15 bits per heavy atom. The molecule has 0 aliphatic carbocycles. The SMILES string of the molecule is CCCCCOc1cc(C(=O)NCCc2cc[n+]([O-])cc2)ccc1OC. The van der Waals surface area contributed by atoms with Gasteiger partial charge in [-0.1, -0.05) is 19.8 Å². The number of hydrogen-bond donors (Lipinski definition) is 1. The van der Waals surface area contributed by atoms with E-state index < -0.39 is 0 Å². The maximum atomic E-state index is 12.4. The Morgan fingerprint density at radius 3 is 2.62 bits per heavy atom. The Morgan fingerprint density at radius 2 is 1.92 bits per heavy atom. The van der Waals surface area contributed by atoms with Crippen molar-refractivity contribution in [2.75, 3.05) is 20.3 Å². The molecule has 1 aromatic heterocycles. The molecular formula is C20H26N2O4. The topological polar surface area (TPSA) is 74.5 Å². The molecule has 0 bridgehead atoms. The first kappa shape index (κ1) is 19.6. The number of benzene rings is 1. The van der Waals surface area contributed by atoms with Crippen LogP contribution in [0.4, 0.5) is 0 Å². The molecule has 0 atom stereocenters. The van der Waals surface area contributed by atoms with Gasteiger partial charge < -0.3 is 20.0 Å². The van der Waals surface area contributed by atoms with Crippen LogP contribution in [0.1, 0.15) is 42.1 Å². The molecule has 0 aliphatic heterocycles. The van der Waals surface area contributed by atoms with Crippen molar-refractivity contribution in [3.63, 3.8) is 0 Å². The minimum Gasteiger partial charge on any atom is -0.619 e. The third-order valence-electron chi connectivity index (χ3n) is 4.00. The van der Waals surface area contributed by atoms with E-state index in [1.54, 1.807) is 37.4 Å². The zero-order valence-electron chi connectivity index (χ0n) is 15.4. The van der Waals surface area contributed by atoms with Gasteiger partial charge in [-0.15, -0.1) is 0 Å². The monoisotopic (exact) mass is 358 g/mol. The van der Waals surface area contributed by atoms with Crippen molar-refractivity contribution in [3.05, 3.63) is 59.1 Å². The number of nitrogens with zero attached hydrogens (tertiary/aromatic N) is 1. The van der Waals surface area contributed by atoms with E-state index in [2.05, 4.69) is 12.2 Å². The van der Waals surface area contributed by atoms with Crippen LogP contribution >= 0.6 is 0 Å². The number of rotatable bonds is 10. The first-order chi connectivity index (χ1) is 12.6. The fraction of sp³-hybridized carbons (Fsp3) is 0.400. The fourth-order valence-electron chi connectivity index (χ4n) is 2.50. The van der Waals surface area contributed by atoms with Gasteiger partial charge in [0.25, 0.3) is 5.91 Å². The Kier molecular flexibility index (Phi) is 7.74. The van der Waals surface area contributed by atoms with Crippen LogP contribution < -0.4 is 19.5 Å². The van der Waals surface area contributed by atoms with E-state index in [0.29, 0.717) is 36.6 Å². The number of carbonyl (C=O) groups excluding carboxylic acids is 1. The molecule has 2 rings (SSSR count). The second-order valence-electron chi connectivity index (χ2n) is 5.99. The van der Waals surface area contributed by atoms with Crippen LogP contribution in [0.2, 0.25) is 0 Å². The lowest BCUT2D eigenvalue weighted by Gasteiger charge is -2.12. The average molecular weight is 358 g/mol. The molecule has 6 nitrogen and oxygen atoms in total. The Hall–Kier alpha value is -2.76. The van der Waals surface area contributed by atoms with E-state index in [0.717, 1.165) is 29.6 Å². The van der Waals surface area contributed by atoms with E-state index in [9.17, 15) is 10.0 Å². The first-order valence-electron chi connectivity index (χ1n) is 8.90. The molecule has 0 spiro atoms. The summed E-state index contributed by atoms with van der Waals surface area (Å²) < 4.78 is 11.8. The molecule has 1 N–H and O–H groups in total. The van der Waals surface area contributed by atoms with E-state index >= 15 is 0 Å². The summed E-state index contributed by atoms with van der Waals surface area (Å²) in [6, 6.07) is 8.66. The molecular weight excluding hydrogens is 332 g/mol. The van der Waals surface area contributed by atoms with Crippen molar-refractivity contribution in [2.24, 2.45) is 0 Å². The normalized spacial score (nSPS) is 10.4. The van der Waals surface area contributed by atoms with Gasteiger partial charge in [-0.2, -0.15) is 4.73 Å². The maximum absolute atomic E-state index is 12.4. The van der Waals surface area contributed by atoms with Gasteiger partial charge in [-0.3, -0.25) is 4.79 Å².